The Kier molecular flexibility index (Phi) is 4.27. The van der Waals surface area contributed by atoms with Crippen molar-refractivity contribution in [2.24, 2.45) is 0 Å². The molecule has 0 atom stereocenters. The number of rotatable bonds is 1. The number of hydrogen-bond acceptors (Lipinski definition) is 0. The summed E-state index contributed by atoms with van der Waals surface area (Å²) >= 11 is 0. The second-order valence-electron chi connectivity index (χ2n) is 3.43. The summed E-state index contributed by atoms with van der Waals surface area (Å²) in [7, 11) is 0. The highest BCUT2D eigenvalue weighted by atomic mass is 127. The summed E-state index contributed by atoms with van der Waals surface area (Å²) in [5.74, 6) is 1.90. The first-order valence-corrected chi connectivity index (χ1v) is 4.72. The first-order valence-electron chi connectivity index (χ1n) is 4.72. The van der Waals surface area contributed by atoms with Crippen LogP contribution in [0.1, 0.15) is 11.5 Å². The van der Waals surface area contributed by atoms with Gasteiger partial charge in [0.15, 0.2) is 0 Å². The molecule has 0 N–H and O–H groups in total. The average molecular weight is 312 g/mol. The SMILES string of the molecule is Cc1cc(-c2ccccc2)cc(C)[o+]1.[I-]. The van der Waals surface area contributed by atoms with Crippen LogP contribution in [0.15, 0.2) is 46.9 Å². The number of hydrogen-bond donors (Lipinski definition) is 0. The lowest BCUT2D eigenvalue weighted by molar-refractivity contribution is -0.00000372. The van der Waals surface area contributed by atoms with Crippen molar-refractivity contribution < 1.29 is 28.4 Å². The van der Waals surface area contributed by atoms with Gasteiger partial charge >= 0.3 is 11.5 Å². The average Bonchev–Trinajstić information content (AvgIpc) is 2.18. The van der Waals surface area contributed by atoms with Gasteiger partial charge in [-0.15, -0.1) is 0 Å². The van der Waals surface area contributed by atoms with Gasteiger partial charge in [-0.3, -0.25) is 0 Å². The fourth-order valence-corrected chi connectivity index (χ4v) is 1.59. The normalized spacial score (nSPS) is 9.47. The molecule has 0 aliphatic heterocycles. The lowest BCUT2D eigenvalue weighted by Crippen LogP contribution is -3.00. The second kappa shape index (κ2) is 5.26. The van der Waals surface area contributed by atoms with Crippen LogP contribution in [0, 0.1) is 13.8 Å². The molecule has 78 valence electrons. The molecule has 1 aromatic carbocycles. The molecule has 0 radical (unpaired) electrons. The first kappa shape index (κ1) is 12.2. The topological polar surface area (TPSA) is 11.3 Å². The monoisotopic (exact) mass is 312 g/mol. The summed E-state index contributed by atoms with van der Waals surface area (Å²) < 4.78 is 5.44. The van der Waals surface area contributed by atoms with Crippen LogP contribution in [-0.4, -0.2) is 0 Å². The van der Waals surface area contributed by atoms with Crippen LogP contribution in [-0.2, 0) is 0 Å². The summed E-state index contributed by atoms with van der Waals surface area (Å²) in [6.45, 7) is 3.94. The fourth-order valence-electron chi connectivity index (χ4n) is 1.59. The maximum atomic E-state index is 5.44. The van der Waals surface area contributed by atoms with Gasteiger partial charge in [0.2, 0.25) is 0 Å². The van der Waals surface area contributed by atoms with Crippen LogP contribution in [0.25, 0.3) is 11.1 Å². The van der Waals surface area contributed by atoms with E-state index in [0.29, 0.717) is 0 Å². The van der Waals surface area contributed by atoms with E-state index < -0.39 is 0 Å². The van der Waals surface area contributed by atoms with E-state index in [1.54, 1.807) is 0 Å². The Hall–Kier alpha value is -0.900. The smallest absolute Gasteiger partial charge is 0.327 e. The maximum Gasteiger partial charge on any atom is 0.327 e. The molecule has 0 spiro atoms. The van der Waals surface area contributed by atoms with Gasteiger partial charge in [0.25, 0.3) is 0 Å². The van der Waals surface area contributed by atoms with Crippen molar-refractivity contribution in [1.29, 1.82) is 0 Å². The molecule has 0 fully saturated rings. The molecule has 0 saturated heterocycles. The van der Waals surface area contributed by atoms with Crippen LogP contribution < -0.4 is 24.0 Å². The van der Waals surface area contributed by atoms with Crippen molar-refractivity contribution in [3.63, 3.8) is 0 Å². The fraction of sp³-hybridized carbons (Fsp3) is 0.154. The highest BCUT2D eigenvalue weighted by molar-refractivity contribution is 5.63. The lowest BCUT2D eigenvalue weighted by Gasteiger charge is -1.97. The standard InChI is InChI=1S/C13H13O.HI/c1-10-8-13(9-11(2)14-10)12-6-4-3-5-7-12;/h3-9H,1-2H3;1H/q+1;/p-1. The van der Waals surface area contributed by atoms with Crippen LogP contribution in [0.2, 0.25) is 0 Å². The van der Waals surface area contributed by atoms with Crippen molar-refractivity contribution in [3.8, 4) is 11.1 Å². The molecular weight excluding hydrogens is 299 g/mol. The molecule has 1 aromatic heterocycles. The predicted molar refractivity (Wildman–Crippen MR) is 58.0 cm³/mol. The predicted octanol–water partition coefficient (Wildman–Crippen LogP) is 0.849. The zero-order valence-electron chi connectivity index (χ0n) is 8.83. The molecule has 0 bridgehead atoms. The van der Waals surface area contributed by atoms with E-state index in [4.69, 9.17) is 4.42 Å². The third-order valence-corrected chi connectivity index (χ3v) is 2.15. The Morgan fingerprint density at radius 2 is 1.33 bits per heavy atom. The van der Waals surface area contributed by atoms with Crippen LogP contribution in [0.3, 0.4) is 0 Å². The summed E-state index contributed by atoms with van der Waals surface area (Å²) in [4.78, 5) is 0. The van der Waals surface area contributed by atoms with E-state index in [9.17, 15) is 0 Å². The van der Waals surface area contributed by atoms with E-state index in [1.165, 1.54) is 11.1 Å². The van der Waals surface area contributed by atoms with Gasteiger partial charge in [0.05, 0.1) is 13.8 Å². The molecular formula is C13H13IO. The van der Waals surface area contributed by atoms with Gasteiger partial charge in [-0.1, -0.05) is 30.3 Å². The van der Waals surface area contributed by atoms with E-state index in [2.05, 4.69) is 24.3 Å². The molecule has 2 heteroatoms. The van der Waals surface area contributed by atoms with E-state index in [-0.39, 0.29) is 24.0 Å². The van der Waals surface area contributed by atoms with Gasteiger partial charge < -0.3 is 24.0 Å². The minimum atomic E-state index is 0. The Morgan fingerprint density at radius 1 is 0.800 bits per heavy atom. The number of benzene rings is 1. The minimum Gasteiger partial charge on any atom is -1.00 e. The number of aryl methyl sites for hydroxylation is 2. The van der Waals surface area contributed by atoms with Gasteiger partial charge in [-0.25, -0.2) is 4.42 Å². The van der Waals surface area contributed by atoms with Crippen LogP contribution in [0.4, 0.5) is 0 Å². The molecule has 0 unspecified atom stereocenters. The summed E-state index contributed by atoms with van der Waals surface area (Å²) in [6, 6.07) is 14.4. The third kappa shape index (κ3) is 3.02. The Labute approximate surface area is 107 Å². The molecule has 0 aliphatic rings. The molecule has 1 heterocycles. The molecule has 15 heavy (non-hydrogen) atoms. The van der Waals surface area contributed by atoms with E-state index >= 15 is 0 Å². The Morgan fingerprint density at radius 3 is 1.87 bits per heavy atom. The van der Waals surface area contributed by atoms with Crippen LogP contribution in [0.5, 0.6) is 0 Å². The van der Waals surface area contributed by atoms with Gasteiger partial charge in [-0.2, -0.15) is 0 Å². The van der Waals surface area contributed by atoms with Crippen molar-refractivity contribution >= 4 is 0 Å². The molecule has 0 saturated carbocycles. The van der Waals surface area contributed by atoms with Crippen molar-refractivity contribution in [3.05, 3.63) is 54.0 Å². The minimum absolute atomic E-state index is 0. The molecule has 1 nitrogen and oxygen atoms in total. The van der Waals surface area contributed by atoms with E-state index in [1.807, 2.05) is 32.0 Å². The maximum absolute atomic E-state index is 5.44. The summed E-state index contributed by atoms with van der Waals surface area (Å²) in [6.07, 6.45) is 0. The van der Waals surface area contributed by atoms with Gasteiger partial charge in [0, 0.05) is 12.1 Å². The quantitative estimate of drug-likeness (QED) is 0.561. The van der Waals surface area contributed by atoms with Crippen molar-refractivity contribution in [1.82, 2.24) is 0 Å². The highest BCUT2D eigenvalue weighted by Crippen LogP contribution is 2.21. The zero-order valence-corrected chi connectivity index (χ0v) is 11.0. The molecule has 2 rings (SSSR count). The molecule has 0 aliphatic carbocycles. The first-order chi connectivity index (χ1) is 6.75. The second-order valence-corrected chi connectivity index (χ2v) is 3.43. The largest absolute Gasteiger partial charge is 1.00 e. The molecule has 0 amide bonds. The van der Waals surface area contributed by atoms with Crippen molar-refractivity contribution in [2.45, 2.75) is 13.8 Å². The number of halogens is 1. The van der Waals surface area contributed by atoms with Gasteiger partial charge in [0.1, 0.15) is 0 Å². The Bertz CT molecular complexity index is 417. The van der Waals surface area contributed by atoms with Crippen LogP contribution >= 0.6 is 0 Å². The van der Waals surface area contributed by atoms with Gasteiger partial charge in [-0.05, 0) is 11.1 Å². The summed E-state index contributed by atoms with van der Waals surface area (Å²) in [5.41, 5.74) is 2.45. The Balaban J connectivity index is 0.00000112. The van der Waals surface area contributed by atoms with E-state index in [0.717, 1.165) is 11.5 Å². The third-order valence-electron chi connectivity index (χ3n) is 2.15. The highest BCUT2D eigenvalue weighted by Gasteiger charge is 2.08. The molecule has 2 aromatic rings. The summed E-state index contributed by atoms with van der Waals surface area (Å²) in [5, 5.41) is 0. The zero-order chi connectivity index (χ0) is 9.97. The van der Waals surface area contributed by atoms with Crippen molar-refractivity contribution in [2.75, 3.05) is 0 Å². The lowest BCUT2D eigenvalue weighted by atomic mass is 10.1.